The van der Waals surface area contributed by atoms with Gasteiger partial charge in [-0.2, -0.15) is 0 Å². The fourth-order valence-electron chi connectivity index (χ4n) is 5.17. The summed E-state index contributed by atoms with van der Waals surface area (Å²) in [6.45, 7) is 6.98. The van der Waals surface area contributed by atoms with Gasteiger partial charge in [0.25, 0.3) is 0 Å². The summed E-state index contributed by atoms with van der Waals surface area (Å²) >= 11 is 0. The van der Waals surface area contributed by atoms with Crippen molar-refractivity contribution in [2.75, 3.05) is 19.8 Å². The van der Waals surface area contributed by atoms with Gasteiger partial charge in [-0.3, -0.25) is 0 Å². The van der Waals surface area contributed by atoms with Crippen molar-refractivity contribution in [3.8, 4) is 5.75 Å². The molecule has 1 saturated heterocycles. The normalized spacial score (nSPS) is 26.6. The fourth-order valence-corrected chi connectivity index (χ4v) is 5.17. The molecular formula is C28H46O3. The van der Waals surface area contributed by atoms with Crippen LogP contribution in [0.4, 0.5) is 0 Å². The van der Waals surface area contributed by atoms with Crippen molar-refractivity contribution in [2.45, 2.75) is 104 Å². The zero-order valence-electron chi connectivity index (χ0n) is 20.2. The molecule has 1 aliphatic heterocycles. The minimum atomic E-state index is -0.218. The maximum atomic E-state index is 6.01. The van der Waals surface area contributed by atoms with E-state index in [1.165, 1.54) is 83.5 Å². The zero-order chi connectivity index (χ0) is 21.7. The SMILES string of the molecule is CCCCC[C@H]1CC[C@H](CCCOc2ccc([C@H]3OC[C@H](CCCC)CO3)cc2)CC1. The molecule has 3 heteroatoms. The van der Waals surface area contributed by atoms with Crippen molar-refractivity contribution in [1.29, 1.82) is 0 Å². The molecule has 1 saturated carbocycles. The van der Waals surface area contributed by atoms with E-state index in [4.69, 9.17) is 14.2 Å². The summed E-state index contributed by atoms with van der Waals surface area (Å²) in [7, 11) is 0. The fraction of sp³-hybridized carbons (Fsp3) is 0.786. The van der Waals surface area contributed by atoms with E-state index in [0.717, 1.165) is 43.0 Å². The van der Waals surface area contributed by atoms with Gasteiger partial charge in [-0.05, 0) is 43.2 Å². The van der Waals surface area contributed by atoms with Crippen LogP contribution >= 0.6 is 0 Å². The van der Waals surface area contributed by atoms with E-state index in [0.29, 0.717) is 5.92 Å². The molecule has 2 fully saturated rings. The lowest BCUT2D eigenvalue weighted by Gasteiger charge is -2.29. The van der Waals surface area contributed by atoms with Gasteiger partial charge in [0.2, 0.25) is 0 Å². The third-order valence-electron chi connectivity index (χ3n) is 7.29. The van der Waals surface area contributed by atoms with Crippen molar-refractivity contribution in [2.24, 2.45) is 17.8 Å². The molecule has 0 amide bonds. The van der Waals surface area contributed by atoms with E-state index in [9.17, 15) is 0 Å². The molecule has 0 atom stereocenters. The molecule has 176 valence electrons. The number of ether oxygens (including phenoxy) is 3. The third kappa shape index (κ3) is 8.77. The summed E-state index contributed by atoms with van der Waals surface area (Å²) < 4.78 is 17.9. The Bertz CT molecular complexity index is 568. The quantitative estimate of drug-likeness (QED) is 0.296. The average Bonchev–Trinajstić information content (AvgIpc) is 2.82. The van der Waals surface area contributed by atoms with Gasteiger partial charge in [-0.15, -0.1) is 0 Å². The van der Waals surface area contributed by atoms with Crippen LogP contribution in [0, 0.1) is 17.8 Å². The Hall–Kier alpha value is -1.06. The van der Waals surface area contributed by atoms with Crippen molar-refractivity contribution < 1.29 is 14.2 Å². The molecule has 3 nitrogen and oxygen atoms in total. The molecule has 0 N–H and O–H groups in total. The smallest absolute Gasteiger partial charge is 0.183 e. The third-order valence-corrected chi connectivity index (χ3v) is 7.29. The standard InChI is InChI=1S/C28H46O3/c1-3-5-7-10-23-12-14-24(15-13-23)11-8-20-29-27-18-16-26(17-19-27)28-30-21-25(22-31-28)9-6-4-2/h16-19,23-25,28H,3-15,20-22H2,1-2H3/t23-,24-,25-,28-. The molecule has 1 aromatic rings. The Morgan fingerprint density at radius 1 is 0.710 bits per heavy atom. The van der Waals surface area contributed by atoms with Crippen LogP contribution in [0.5, 0.6) is 5.75 Å². The van der Waals surface area contributed by atoms with E-state index in [2.05, 4.69) is 38.1 Å². The van der Waals surface area contributed by atoms with Crippen LogP contribution in [0.3, 0.4) is 0 Å². The number of hydrogen-bond acceptors (Lipinski definition) is 3. The topological polar surface area (TPSA) is 27.7 Å². The second-order valence-corrected chi connectivity index (χ2v) is 9.95. The molecule has 0 radical (unpaired) electrons. The van der Waals surface area contributed by atoms with Gasteiger partial charge in [0.15, 0.2) is 6.29 Å². The molecule has 0 aromatic heterocycles. The number of benzene rings is 1. The highest BCUT2D eigenvalue weighted by atomic mass is 16.7. The van der Waals surface area contributed by atoms with Gasteiger partial charge in [-0.25, -0.2) is 0 Å². The van der Waals surface area contributed by atoms with Gasteiger partial charge in [0, 0.05) is 11.5 Å². The summed E-state index contributed by atoms with van der Waals surface area (Å²) in [4.78, 5) is 0. The monoisotopic (exact) mass is 430 g/mol. The first-order chi connectivity index (χ1) is 15.3. The first kappa shape index (κ1) is 24.6. The summed E-state index contributed by atoms with van der Waals surface area (Å²) in [5.41, 5.74) is 1.09. The average molecular weight is 431 g/mol. The summed E-state index contributed by atoms with van der Waals surface area (Å²) in [6, 6.07) is 8.30. The first-order valence-corrected chi connectivity index (χ1v) is 13.2. The van der Waals surface area contributed by atoms with E-state index in [1.54, 1.807) is 0 Å². The van der Waals surface area contributed by atoms with Crippen molar-refractivity contribution >= 4 is 0 Å². The molecule has 0 unspecified atom stereocenters. The molecule has 3 rings (SSSR count). The second-order valence-electron chi connectivity index (χ2n) is 9.95. The highest BCUT2D eigenvalue weighted by Crippen LogP contribution is 2.34. The number of hydrogen-bond donors (Lipinski definition) is 0. The summed E-state index contributed by atoms with van der Waals surface area (Å²) in [6.07, 6.45) is 17.4. The van der Waals surface area contributed by atoms with Crippen molar-refractivity contribution in [1.82, 2.24) is 0 Å². The Morgan fingerprint density at radius 2 is 1.29 bits per heavy atom. The lowest BCUT2D eigenvalue weighted by molar-refractivity contribution is -0.206. The van der Waals surface area contributed by atoms with Crippen LogP contribution < -0.4 is 4.74 Å². The van der Waals surface area contributed by atoms with Gasteiger partial charge < -0.3 is 14.2 Å². The summed E-state index contributed by atoms with van der Waals surface area (Å²) in [5, 5.41) is 0. The van der Waals surface area contributed by atoms with Gasteiger partial charge in [-0.1, -0.05) is 90.2 Å². The Labute approximate surface area is 191 Å². The van der Waals surface area contributed by atoms with Crippen molar-refractivity contribution in [3.63, 3.8) is 0 Å². The lowest BCUT2D eigenvalue weighted by atomic mass is 9.78. The van der Waals surface area contributed by atoms with Crippen LogP contribution in [0.15, 0.2) is 24.3 Å². The van der Waals surface area contributed by atoms with Crippen LogP contribution in [-0.4, -0.2) is 19.8 Å². The molecule has 1 aliphatic carbocycles. The molecule has 1 aromatic carbocycles. The van der Waals surface area contributed by atoms with Crippen LogP contribution in [0.25, 0.3) is 0 Å². The van der Waals surface area contributed by atoms with E-state index < -0.39 is 0 Å². The van der Waals surface area contributed by atoms with Gasteiger partial charge in [0.1, 0.15) is 5.75 Å². The minimum Gasteiger partial charge on any atom is -0.494 e. The molecule has 2 aliphatic rings. The van der Waals surface area contributed by atoms with Crippen LogP contribution in [-0.2, 0) is 9.47 Å². The minimum absolute atomic E-state index is 0.218. The van der Waals surface area contributed by atoms with E-state index in [1.807, 2.05) is 0 Å². The van der Waals surface area contributed by atoms with E-state index >= 15 is 0 Å². The lowest BCUT2D eigenvalue weighted by Crippen LogP contribution is -2.27. The predicted octanol–water partition coefficient (Wildman–Crippen LogP) is 8.08. The largest absolute Gasteiger partial charge is 0.494 e. The maximum absolute atomic E-state index is 6.01. The summed E-state index contributed by atoms with van der Waals surface area (Å²) in [5.74, 6) is 3.45. The second kappa shape index (κ2) is 14.2. The molecule has 1 heterocycles. The highest BCUT2D eigenvalue weighted by molar-refractivity contribution is 5.28. The highest BCUT2D eigenvalue weighted by Gasteiger charge is 2.23. The maximum Gasteiger partial charge on any atom is 0.183 e. The van der Waals surface area contributed by atoms with Gasteiger partial charge in [0.05, 0.1) is 19.8 Å². The van der Waals surface area contributed by atoms with Gasteiger partial charge >= 0.3 is 0 Å². The molecular weight excluding hydrogens is 384 g/mol. The Balaban J connectivity index is 1.27. The van der Waals surface area contributed by atoms with Crippen LogP contribution in [0.1, 0.15) is 109 Å². The van der Waals surface area contributed by atoms with Crippen LogP contribution in [0.2, 0.25) is 0 Å². The number of unbranched alkanes of at least 4 members (excludes halogenated alkanes) is 3. The van der Waals surface area contributed by atoms with E-state index in [-0.39, 0.29) is 6.29 Å². The molecule has 0 bridgehead atoms. The van der Waals surface area contributed by atoms with Crippen molar-refractivity contribution in [3.05, 3.63) is 29.8 Å². The Morgan fingerprint density at radius 3 is 1.90 bits per heavy atom. The molecule has 0 spiro atoms. The first-order valence-electron chi connectivity index (χ1n) is 13.2. The number of rotatable bonds is 13. The Kier molecular flexibility index (Phi) is 11.2. The molecule has 31 heavy (non-hydrogen) atoms. The predicted molar refractivity (Wildman–Crippen MR) is 128 cm³/mol. The zero-order valence-corrected chi connectivity index (χ0v) is 20.2.